The Balaban J connectivity index is 1.43. The number of carbonyl (C=O) groups excluding carboxylic acids is 1. The molecule has 1 saturated heterocycles. The van der Waals surface area contributed by atoms with Gasteiger partial charge in [0.05, 0.1) is 0 Å². The molecule has 29 heavy (non-hydrogen) atoms. The number of hydrogen-bond acceptors (Lipinski definition) is 3. The molecule has 152 valence electrons. The molecule has 1 unspecified atom stereocenters. The minimum Gasteiger partial charge on any atom is -0.481 e. The van der Waals surface area contributed by atoms with Gasteiger partial charge in [0.25, 0.3) is 0 Å². The van der Waals surface area contributed by atoms with Crippen LogP contribution in [0.1, 0.15) is 55.6 Å². The van der Waals surface area contributed by atoms with E-state index < -0.39 is 5.97 Å². The first-order chi connectivity index (χ1) is 14.1. The third-order valence-electron chi connectivity index (χ3n) is 6.13. The van der Waals surface area contributed by atoms with Gasteiger partial charge in [0, 0.05) is 24.9 Å². The maximum absolute atomic E-state index is 12.9. The van der Waals surface area contributed by atoms with Crippen molar-refractivity contribution in [2.75, 3.05) is 13.2 Å². The summed E-state index contributed by atoms with van der Waals surface area (Å²) < 4.78 is 5.81. The van der Waals surface area contributed by atoms with E-state index in [0.29, 0.717) is 19.6 Å². The maximum atomic E-state index is 12.9. The summed E-state index contributed by atoms with van der Waals surface area (Å²) in [5, 5.41) is 8.88. The second-order valence-corrected chi connectivity index (χ2v) is 7.93. The Hall–Kier alpha value is -2.82. The highest BCUT2D eigenvalue weighted by Crippen LogP contribution is 2.44. The predicted octanol–water partition coefficient (Wildman–Crippen LogP) is 5.04. The maximum Gasteiger partial charge on any atom is 0.410 e. The van der Waals surface area contributed by atoms with Crippen LogP contribution in [-0.2, 0) is 9.53 Å². The van der Waals surface area contributed by atoms with Crippen LogP contribution in [0.4, 0.5) is 4.79 Å². The van der Waals surface area contributed by atoms with Crippen molar-refractivity contribution in [2.45, 2.75) is 50.5 Å². The number of piperidine rings is 1. The predicted molar refractivity (Wildman–Crippen MR) is 111 cm³/mol. The second-order valence-electron chi connectivity index (χ2n) is 7.93. The standard InChI is InChI=1S/C24H27NO4/c26-23(27)14-7-9-17-8-5-6-15-25(17)24(28)29-16-22-20-12-3-1-10-18(20)19-11-2-4-13-21(19)22/h1-4,10-13,17,22H,5-9,14-16H2,(H,26,27). The van der Waals surface area contributed by atoms with Crippen molar-refractivity contribution in [1.82, 2.24) is 4.90 Å². The number of rotatable bonds is 6. The van der Waals surface area contributed by atoms with Crippen molar-refractivity contribution in [2.24, 2.45) is 0 Å². The fourth-order valence-electron chi connectivity index (χ4n) is 4.71. The summed E-state index contributed by atoms with van der Waals surface area (Å²) in [5.41, 5.74) is 4.85. The summed E-state index contributed by atoms with van der Waals surface area (Å²) in [5.74, 6) is -0.727. The zero-order chi connectivity index (χ0) is 20.2. The van der Waals surface area contributed by atoms with Gasteiger partial charge < -0.3 is 14.7 Å². The Morgan fingerprint density at radius 1 is 1.00 bits per heavy atom. The molecule has 1 N–H and O–H groups in total. The van der Waals surface area contributed by atoms with Gasteiger partial charge >= 0.3 is 12.1 Å². The van der Waals surface area contributed by atoms with Crippen LogP contribution in [0, 0.1) is 0 Å². The molecule has 0 spiro atoms. The van der Waals surface area contributed by atoms with Gasteiger partial charge in [0.2, 0.25) is 0 Å². The largest absolute Gasteiger partial charge is 0.481 e. The van der Waals surface area contributed by atoms with E-state index in [1.165, 1.54) is 22.3 Å². The fraction of sp³-hybridized carbons (Fsp3) is 0.417. The van der Waals surface area contributed by atoms with Crippen LogP contribution in [0.5, 0.6) is 0 Å². The Morgan fingerprint density at radius 2 is 1.66 bits per heavy atom. The van der Waals surface area contributed by atoms with E-state index in [2.05, 4.69) is 24.3 Å². The van der Waals surface area contributed by atoms with Gasteiger partial charge in [0.1, 0.15) is 6.61 Å². The molecular formula is C24H27NO4. The van der Waals surface area contributed by atoms with Crippen LogP contribution in [-0.4, -0.2) is 41.3 Å². The average Bonchev–Trinajstić information content (AvgIpc) is 3.06. The molecule has 1 aliphatic heterocycles. The first kappa shape index (κ1) is 19.5. The van der Waals surface area contributed by atoms with Gasteiger partial charge in [-0.2, -0.15) is 0 Å². The fourth-order valence-corrected chi connectivity index (χ4v) is 4.71. The van der Waals surface area contributed by atoms with Gasteiger partial charge in [-0.15, -0.1) is 0 Å². The number of fused-ring (bicyclic) bond motifs is 3. The molecule has 2 aliphatic rings. The normalized spacial score (nSPS) is 18.2. The Morgan fingerprint density at radius 3 is 2.31 bits per heavy atom. The highest BCUT2D eigenvalue weighted by atomic mass is 16.6. The zero-order valence-corrected chi connectivity index (χ0v) is 16.5. The van der Waals surface area contributed by atoms with Crippen molar-refractivity contribution in [3.8, 4) is 11.1 Å². The molecule has 1 amide bonds. The third-order valence-corrected chi connectivity index (χ3v) is 6.13. The SMILES string of the molecule is O=C(O)CCCC1CCCCN1C(=O)OCC1c2ccccc2-c2ccccc21. The zero-order valence-electron chi connectivity index (χ0n) is 16.5. The molecule has 4 rings (SSSR count). The van der Waals surface area contributed by atoms with Crippen molar-refractivity contribution in [3.63, 3.8) is 0 Å². The lowest BCUT2D eigenvalue weighted by atomic mass is 9.97. The molecular weight excluding hydrogens is 366 g/mol. The second kappa shape index (κ2) is 8.68. The molecule has 1 fully saturated rings. The van der Waals surface area contributed by atoms with Crippen LogP contribution in [0.3, 0.4) is 0 Å². The number of likely N-dealkylation sites (tertiary alicyclic amines) is 1. The number of nitrogens with zero attached hydrogens (tertiary/aromatic N) is 1. The minimum absolute atomic E-state index is 0.0570. The van der Waals surface area contributed by atoms with Gasteiger partial charge in [-0.05, 0) is 54.4 Å². The molecule has 0 aromatic heterocycles. The number of carboxylic acid groups (broad SMARTS) is 1. The number of ether oxygens (including phenoxy) is 1. The highest BCUT2D eigenvalue weighted by Gasteiger charge is 2.32. The minimum atomic E-state index is -0.784. The lowest BCUT2D eigenvalue weighted by Crippen LogP contribution is -2.44. The van der Waals surface area contributed by atoms with Crippen LogP contribution in [0.25, 0.3) is 11.1 Å². The van der Waals surface area contributed by atoms with Crippen LogP contribution in [0.2, 0.25) is 0 Å². The van der Waals surface area contributed by atoms with E-state index in [1.807, 2.05) is 29.2 Å². The Bertz CT molecular complexity index is 848. The van der Waals surface area contributed by atoms with E-state index in [1.54, 1.807) is 0 Å². The molecule has 5 heteroatoms. The summed E-state index contributed by atoms with van der Waals surface area (Å²) in [6.45, 7) is 1.01. The van der Waals surface area contributed by atoms with Crippen molar-refractivity contribution in [3.05, 3.63) is 59.7 Å². The number of hydrogen-bond donors (Lipinski definition) is 1. The summed E-state index contributed by atoms with van der Waals surface area (Å²) in [4.78, 5) is 25.5. The molecule has 0 saturated carbocycles. The number of amides is 1. The first-order valence-corrected chi connectivity index (χ1v) is 10.5. The average molecular weight is 393 g/mol. The molecule has 2 aromatic carbocycles. The summed E-state index contributed by atoms with van der Waals surface area (Å²) in [6.07, 6.45) is 4.15. The van der Waals surface area contributed by atoms with E-state index in [4.69, 9.17) is 9.84 Å². The van der Waals surface area contributed by atoms with Gasteiger partial charge in [-0.1, -0.05) is 48.5 Å². The van der Waals surface area contributed by atoms with Crippen molar-refractivity contribution in [1.29, 1.82) is 0 Å². The van der Waals surface area contributed by atoms with Gasteiger partial charge in [-0.25, -0.2) is 4.79 Å². The van der Waals surface area contributed by atoms with Crippen molar-refractivity contribution < 1.29 is 19.4 Å². The number of carboxylic acids is 1. The molecule has 1 atom stereocenters. The summed E-state index contributed by atoms with van der Waals surface area (Å²) >= 11 is 0. The van der Waals surface area contributed by atoms with Crippen LogP contribution in [0.15, 0.2) is 48.5 Å². The Kier molecular flexibility index (Phi) is 5.84. The quantitative estimate of drug-likeness (QED) is 0.746. The molecule has 5 nitrogen and oxygen atoms in total. The summed E-state index contributed by atoms with van der Waals surface area (Å²) in [7, 11) is 0. The van der Waals surface area contributed by atoms with E-state index in [-0.39, 0.29) is 24.5 Å². The molecule has 0 bridgehead atoms. The first-order valence-electron chi connectivity index (χ1n) is 10.5. The topological polar surface area (TPSA) is 66.8 Å². The number of aliphatic carboxylic acids is 1. The lowest BCUT2D eigenvalue weighted by Gasteiger charge is -2.35. The van der Waals surface area contributed by atoms with E-state index in [0.717, 1.165) is 25.7 Å². The lowest BCUT2D eigenvalue weighted by molar-refractivity contribution is -0.137. The smallest absolute Gasteiger partial charge is 0.410 e. The third kappa shape index (κ3) is 4.14. The van der Waals surface area contributed by atoms with E-state index >= 15 is 0 Å². The van der Waals surface area contributed by atoms with Crippen LogP contribution < -0.4 is 0 Å². The van der Waals surface area contributed by atoms with Gasteiger partial charge in [-0.3, -0.25) is 4.79 Å². The summed E-state index contributed by atoms with van der Waals surface area (Å²) in [6, 6.07) is 16.7. The number of benzene rings is 2. The van der Waals surface area contributed by atoms with Crippen molar-refractivity contribution >= 4 is 12.1 Å². The molecule has 0 radical (unpaired) electrons. The monoisotopic (exact) mass is 393 g/mol. The van der Waals surface area contributed by atoms with Crippen LogP contribution >= 0.6 is 0 Å². The highest BCUT2D eigenvalue weighted by molar-refractivity contribution is 5.79. The molecule has 2 aromatic rings. The molecule has 1 heterocycles. The molecule has 1 aliphatic carbocycles. The Labute approximate surface area is 171 Å². The van der Waals surface area contributed by atoms with E-state index in [9.17, 15) is 9.59 Å². The number of carbonyl (C=O) groups is 2. The van der Waals surface area contributed by atoms with Gasteiger partial charge in [0.15, 0.2) is 0 Å².